The number of nitrogens with two attached hydrogens (primary N) is 1. The first-order chi connectivity index (χ1) is 13.6. The molecule has 2 heterocycles. The van der Waals surface area contributed by atoms with Gasteiger partial charge in [0.25, 0.3) is 5.91 Å². The van der Waals surface area contributed by atoms with Crippen LogP contribution >= 0.6 is 11.6 Å². The second kappa shape index (κ2) is 7.98. The zero-order valence-corrected chi connectivity index (χ0v) is 16.1. The summed E-state index contributed by atoms with van der Waals surface area (Å²) in [5.74, 6) is 0.231. The summed E-state index contributed by atoms with van der Waals surface area (Å²) in [5.41, 5.74) is 9.23. The normalized spacial score (nSPS) is 16.8. The van der Waals surface area contributed by atoms with Crippen LogP contribution in [0.4, 0.5) is 5.95 Å². The van der Waals surface area contributed by atoms with Gasteiger partial charge in [0.15, 0.2) is 0 Å². The van der Waals surface area contributed by atoms with Crippen LogP contribution in [0.2, 0.25) is 5.02 Å². The fraction of sp³-hybridized carbons (Fsp3) is 0.227. The van der Waals surface area contributed by atoms with E-state index in [2.05, 4.69) is 9.97 Å². The SMILES string of the molecule is Nc1ncc(-c2ccc(Cl)cc2)c([C@H]2CCCCN2C(=O)c2ccccc2)n1. The van der Waals surface area contributed by atoms with Crippen LogP contribution in [0.1, 0.15) is 41.4 Å². The number of carbonyl (C=O) groups is 1. The summed E-state index contributed by atoms with van der Waals surface area (Å²) in [5, 5.41) is 0.667. The zero-order valence-electron chi connectivity index (χ0n) is 15.4. The summed E-state index contributed by atoms with van der Waals surface area (Å²) < 4.78 is 0. The van der Waals surface area contributed by atoms with Crippen LogP contribution in [-0.4, -0.2) is 27.3 Å². The number of carbonyl (C=O) groups excluding carboxylic acids is 1. The Morgan fingerprint density at radius 2 is 1.82 bits per heavy atom. The van der Waals surface area contributed by atoms with Gasteiger partial charge in [0.1, 0.15) is 0 Å². The van der Waals surface area contributed by atoms with Crippen molar-refractivity contribution >= 4 is 23.5 Å². The standard InChI is InChI=1S/C22H21ClN4O/c23-17-11-9-15(10-12-17)18-14-25-22(24)26-20(18)19-8-4-5-13-27(19)21(28)16-6-2-1-3-7-16/h1-3,6-7,9-12,14,19H,4-5,8,13H2,(H2,24,25,26)/t19-/m1/s1. The minimum atomic E-state index is -0.141. The molecule has 4 rings (SSSR count). The quantitative estimate of drug-likeness (QED) is 0.698. The fourth-order valence-electron chi connectivity index (χ4n) is 3.72. The Hall–Kier alpha value is -2.92. The number of amides is 1. The first-order valence-electron chi connectivity index (χ1n) is 9.38. The predicted molar refractivity (Wildman–Crippen MR) is 111 cm³/mol. The molecule has 0 unspecified atom stereocenters. The maximum Gasteiger partial charge on any atom is 0.254 e. The Balaban J connectivity index is 1.76. The summed E-state index contributed by atoms with van der Waals surface area (Å²) in [6.45, 7) is 0.697. The fourth-order valence-corrected chi connectivity index (χ4v) is 3.85. The lowest BCUT2D eigenvalue weighted by Gasteiger charge is -2.36. The molecule has 1 aromatic heterocycles. The van der Waals surface area contributed by atoms with Gasteiger partial charge in [0.2, 0.25) is 5.95 Å². The van der Waals surface area contributed by atoms with Crippen molar-refractivity contribution in [1.82, 2.24) is 14.9 Å². The summed E-state index contributed by atoms with van der Waals surface area (Å²) in [4.78, 5) is 23.9. The van der Waals surface area contributed by atoms with Crippen molar-refractivity contribution in [3.63, 3.8) is 0 Å². The molecule has 1 saturated heterocycles. The molecule has 5 nitrogen and oxygen atoms in total. The van der Waals surface area contributed by atoms with Crippen molar-refractivity contribution in [3.8, 4) is 11.1 Å². The van der Waals surface area contributed by atoms with E-state index in [4.69, 9.17) is 17.3 Å². The lowest BCUT2D eigenvalue weighted by atomic mass is 9.93. The predicted octanol–water partition coefficient (Wildman–Crippen LogP) is 4.75. The van der Waals surface area contributed by atoms with Gasteiger partial charge in [-0.1, -0.05) is 41.9 Å². The molecule has 1 amide bonds. The van der Waals surface area contributed by atoms with Crippen LogP contribution < -0.4 is 5.73 Å². The average Bonchev–Trinajstić information content (AvgIpc) is 2.74. The molecule has 0 aliphatic carbocycles. The molecular formula is C22H21ClN4O. The number of rotatable bonds is 3. The molecule has 1 atom stereocenters. The van der Waals surface area contributed by atoms with E-state index in [1.165, 1.54) is 0 Å². The van der Waals surface area contributed by atoms with E-state index in [0.29, 0.717) is 17.1 Å². The number of halogens is 1. The smallest absolute Gasteiger partial charge is 0.254 e. The van der Waals surface area contributed by atoms with Gasteiger partial charge in [0, 0.05) is 28.9 Å². The molecule has 6 heteroatoms. The lowest BCUT2D eigenvalue weighted by Crippen LogP contribution is -2.39. The van der Waals surface area contributed by atoms with Gasteiger partial charge >= 0.3 is 0 Å². The number of piperidine rings is 1. The summed E-state index contributed by atoms with van der Waals surface area (Å²) in [6.07, 6.45) is 4.59. The minimum absolute atomic E-state index is 0.0181. The lowest BCUT2D eigenvalue weighted by molar-refractivity contribution is 0.0607. The second-order valence-electron chi connectivity index (χ2n) is 6.91. The Morgan fingerprint density at radius 3 is 2.57 bits per heavy atom. The van der Waals surface area contributed by atoms with Gasteiger partial charge < -0.3 is 10.6 Å². The van der Waals surface area contributed by atoms with Crippen molar-refractivity contribution in [2.75, 3.05) is 12.3 Å². The number of anilines is 1. The minimum Gasteiger partial charge on any atom is -0.368 e. The van der Waals surface area contributed by atoms with Crippen molar-refractivity contribution < 1.29 is 4.79 Å². The van der Waals surface area contributed by atoms with Gasteiger partial charge in [-0.2, -0.15) is 0 Å². The molecule has 0 spiro atoms. The Kier molecular flexibility index (Phi) is 5.26. The largest absolute Gasteiger partial charge is 0.368 e. The molecule has 1 aliphatic rings. The third-order valence-electron chi connectivity index (χ3n) is 5.09. The van der Waals surface area contributed by atoms with Gasteiger partial charge in [-0.05, 0) is 49.1 Å². The first-order valence-corrected chi connectivity index (χ1v) is 9.75. The van der Waals surface area contributed by atoms with Crippen molar-refractivity contribution in [1.29, 1.82) is 0 Å². The monoisotopic (exact) mass is 392 g/mol. The first kappa shape index (κ1) is 18.4. The van der Waals surface area contributed by atoms with E-state index in [9.17, 15) is 4.79 Å². The van der Waals surface area contributed by atoms with Crippen LogP contribution in [0.5, 0.6) is 0 Å². The van der Waals surface area contributed by atoms with Crippen molar-refractivity contribution in [3.05, 3.63) is 77.1 Å². The van der Waals surface area contributed by atoms with Crippen molar-refractivity contribution in [2.45, 2.75) is 25.3 Å². The van der Waals surface area contributed by atoms with E-state index < -0.39 is 0 Å². The third kappa shape index (κ3) is 3.71. The van der Waals surface area contributed by atoms with E-state index in [-0.39, 0.29) is 17.9 Å². The summed E-state index contributed by atoms with van der Waals surface area (Å²) >= 11 is 6.04. The number of nitrogens with zero attached hydrogens (tertiary/aromatic N) is 3. The Labute approximate surface area is 169 Å². The van der Waals surface area contributed by atoms with Crippen LogP contribution in [0.25, 0.3) is 11.1 Å². The number of hydrogen-bond donors (Lipinski definition) is 1. The van der Waals surface area contributed by atoms with E-state index >= 15 is 0 Å². The molecular weight excluding hydrogens is 372 g/mol. The Morgan fingerprint density at radius 1 is 1.07 bits per heavy atom. The highest BCUT2D eigenvalue weighted by atomic mass is 35.5. The van der Waals surface area contributed by atoms with Crippen LogP contribution in [0.3, 0.4) is 0 Å². The van der Waals surface area contributed by atoms with Gasteiger partial charge in [-0.25, -0.2) is 9.97 Å². The molecule has 0 radical (unpaired) electrons. The number of nitrogen functional groups attached to an aromatic ring is 1. The molecule has 0 saturated carbocycles. The molecule has 1 aliphatic heterocycles. The number of hydrogen-bond acceptors (Lipinski definition) is 4. The van der Waals surface area contributed by atoms with Crippen molar-refractivity contribution in [2.24, 2.45) is 0 Å². The van der Waals surface area contributed by atoms with Crippen LogP contribution in [-0.2, 0) is 0 Å². The highest BCUT2D eigenvalue weighted by molar-refractivity contribution is 6.30. The van der Waals surface area contributed by atoms with E-state index in [1.54, 1.807) is 6.20 Å². The topological polar surface area (TPSA) is 72.1 Å². The van der Waals surface area contributed by atoms with Crippen LogP contribution in [0.15, 0.2) is 60.8 Å². The molecule has 2 aromatic carbocycles. The second-order valence-corrected chi connectivity index (χ2v) is 7.35. The molecule has 2 N–H and O–H groups in total. The Bertz CT molecular complexity index is 976. The molecule has 1 fully saturated rings. The number of aromatic nitrogens is 2. The molecule has 3 aromatic rings. The summed E-state index contributed by atoms with van der Waals surface area (Å²) in [6, 6.07) is 16.8. The van der Waals surface area contributed by atoms with Crippen LogP contribution in [0, 0.1) is 0 Å². The number of likely N-dealkylation sites (tertiary alicyclic amines) is 1. The van der Waals surface area contributed by atoms with Gasteiger partial charge in [-0.15, -0.1) is 0 Å². The maximum absolute atomic E-state index is 13.2. The van der Waals surface area contributed by atoms with E-state index in [1.807, 2.05) is 59.5 Å². The third-order valence-corrected chi connectivity index (χ3v) is 5.34. The molecule has 28 heavy (non-hydrogen) atoms. The molecule has 0 bridgehead atoms. The zero-order chi connectivity index (χ0) is 19.5. The number of benzene rings is 2. The summed E-state index contributed by atoms with van der Waals surface area (Å²) in [7, 11) is 0. The highest BCUT2D eigenvalue weighted by Crippen LogP contribution is 2.37. The van der Waals surface area contributed by atoms with E-state index in [0.717, 1.165) is 36.1 Å². The average molecular weight is 393 g/mol. The van der Waals surface area contributed by atoms with Gasteiger partial charge in [0.05, 0.1) is 11.7 Å². The molecule has 142 valence electrons. The highest BCUT2D eigenvalue weighted by Gasteiger charge is 2.31. The van der Waals surface area contributed by atoms with Gasteiger partial charge in [-0.3, -0.25) is 4.79 Å². The maximum atomic E-state index is 13.2.